The van der Waals surface area contributed by atoms with Crippen molar-refractivity contribution in [1.82, 2.24) is 15.1 Å². The summed E-state index contributed by atoms with van der Waals surface area (Å²) < 4.78 is 29.1. The molecule has 1 aromatic rings. The predicted molar refractivity (Wildman–Crippen MR) is 112 cm³/mol. The van der Waals surface area contributed by atoms with Gasteiger partial charge in [-0.2, -0.15) is 0 Å². The molecule has 0 aromatic heterocycles. The first-order chi connectivity index (χ1) is 13.3. The summed E-state index contributed by atoms with van der Waals surface area (Å²) in [6.07, 6.45) is 0. The Morgan fingerprint density at radius 3 is 2.61 bits per heavy atom. The molecular weight excluding hydrogens is 376 g/mol. The van der Waals surface area contributed by atoms with Crippen molar-refractivity contribution in [2.75, 3.05) is 52.2 Å². The molecule has 2 saturated heterocycles. The third-order valence-electron chi connectivity index (χ3n) is 5.51. The summed E-state index contributed by atoms with van der Waals surface area (Å²) in [7, 11) is -1.32. The molecule has 2 aliphatic rings. The van der Waals surface area contributed by atoms with Gasteiger partial charge < -0.3 is 15.0 Å². The average molecular weight is 409 g/mol. The van der Waals surface area contributed by atoms with E-state index in [0.29, 0.717) is 19.6 Å². The van der Waals surface area contributed by atoms with E-state index in [1.54, 1.807) is 20.9 Å². The van der Waals surface area contributed by atoms with E-state index in [1.807, 2.05) is 4.90 Å². The van der Waals surface area contributed by atoms with Gasteiger partial charge >= 0.3 is 0 Å². The van der Waals surface area contributed by atoms with Gasteiger partial charge in [0.15, 0.2) is 15.8 Å². The number of aliphatic imine (C=N–C) groups is 1. The number of hydrogen-bond acceptors (Lipinski definition) is 5. The lowest BCUT2D eigenvalue weighted by atomic mass is 10.1. The third kappa shape index (κ3) is 5.04. The molecule has 28 heavy (non-hydrogen) atoms. The van der Waals surface area contributed by atoms with Gasteiger partial charge in [0, 0.05) is 46.3 Å². The number of hydrogen-bond donors (Lipinski definition) is 1. The molecule has 0 unspecified atom stereocenters. The first-order valence-electron chi connectivity index (χ1n) is 9.86. The molecule has 0 spiro atoms. The molecule has 0 atom stereocenters. The molecule has 0 saturated carbocycles. The van der Waals surface area contributed by atoms with Gasteiger partial charge in [-0.1, -0.05) is 24.3 Å². The van der Waals surface area contributed by atoms with Crippen LogP contribution in [0.4, 0.5) is 0 Å². The van der Waals surface area contributed by atoms with E-state index in [-0.39, 0.29) is 5.75 Å². The van der Waals surface area contributed by atoms with Crippen LogP contribution in [0.5, 0.6) is 0 Å². The van der Waals surface area contributed by atoms with Crippen molar-refractivity contribution in [2.24, 2.45) is 4.99 Å². The van der Waals surface area contributed by atoms with Crippen molar-refractivity contribution < 1.29 is 13.2 Å². The Kier molecular flexibility index (Phi) is 6.62. The number of morpholine rings is 1. The predicted octanol–water partition coefficient (Wildman–Crippen LogP) is 1.10. The zero-order valence-corrected chi connectivity index (χ0v) is 18.0. The first-order valence-corrected chi connectivity index (χ1v) is 11.5. The zero-order chi connectivity index (χ0) is 20.2. The highest BCUT2D eigenvalue weighted by molar-refractivity contribution is 7.92. The Hall–Kier alpha value is -1.64. The Balaban J connectivity index is 1.59. The number of nitrogens with one attached hydrogen (secondary N) is 1. The molecule has 1 N–H and O–H groups in total. The minimum absolute atomic E-state index is 0.162. The number of nitrogens with zero attached hydrogens (tertiary/aromatic N) is 3. The second kappa shape index (κ2) is 8.80. The van der Waals surface area contributed by atoms with Gasteiger partial charge in [0.05, 0.1) is 23.7 Å². The first kappa shape index (κ1) is 21.1. The van der Waals surface area contributed by atoms with Crippen molar-refractivity contribution >= 4 is 15.8 Å². The summed E-state index contributed by atoms with van der Waals surface area (Å²) in [6, 6.07) is 8.58. The van der Waals surface area contributed by atoms with Crippen LogP contribution in [0.15, 0.2) is 29.3 Å². The van der Waals surface area contributed by atoms with Crippen LogP contribution in [-0.4, -0.2) is 81.1 Å². The molecule has 2 fully saturated rings. The quantitative estimate of drug-likeness (QED) is 0.594. The summed E-state index contributed by atoms with van der Waals surface area (Å²) in [5.41, 5.74) is 2.48. The highest BCUT2D eigenvalue weighted by atomic mass is 32.2. The van der Waals surface area contributed by atoms with Gasteiger partial charge in [-0.05, 0) is 25.0 Å². The SMILES string of the molecule is CN=C(NCc1cccc(CN2CCOCC2)c1)N1CCS(=O)(=O)C(C)(C)C1. The summed E-state index contributed by atoms with van der Waals surface area (Å²) in [5, 5.41) is 3.40. The maximum atomic E-state index is 12.2. The molecule has 0 amide bonds. The monoisotopic (exact) mass is 408 g/mol. The highest BCUT2D eigenvalue weighted by Gasteiger charge is 2.40. The van der Waals surface area contributed by atoms with E-state index in [2.05, 4.69) is 39.5 Å². The minimum Gasteiger partial charge on any atom is -0.379 e. The number of benzene rings is 1. The number of ether oxygens (including phenoxy) is 1. The van der Waals surface area contributed by atoms with Crippen LogP contribution in [0.2, 0.25) is 0 Å². The summed E-state index contributed by atoms with van der Waals surface area (Å²) in [5.74, 6) is 0.914. The van der Waals surface area contributed by atoms with Crippen LogP contribution in [0.3, 0.4) is 0 Å². The fourth-order valence-corrected chi connectivity index (χ4v) is 5.06. The Bertz CT molecular complexity index is 801. The van der Waals surface area contributed by atoms with Gasteiger partial charge in [0.25, 0.3) is 0 Å². The topological polar surface area (TPSA) is 74.2 Å². The van der Waals surface area contributed by atoms with E-state index >= 15 is 0 Å². The summed E-state index contributed by atoms with van der Waals surface area (Å²) in [6.45, 7) is 9.66. The van der Waals surface area contributed by atoms with Crippen molar-refractivity contribution in [3.8, 4) is 0 Å². The van der Waals surface area contributed by atoms with Gasteiger partial charge in [0.2, 0.25) is 0 Å². The summed E-state index contributed by atoms with van der Waals surface area (Å²) >= 11 is 0. The van der Waals surface area contributed by atoms with Crippen LogP contribution in [-0.2, 0) is 27.7 Å². The van der Waals surface area contributed by atoms with Crippen LogP contribution in [0.25, 0.3) is 0 Å². The van der Waals surface area contributed by atoms with Gasteiger partial charge in [-0.25, -0.2) is 8.42 Å². The maximum Gasteiger partial charge on any atom is 0.193 e. The molecule has 0 bridgehead atoms. The van der Waals surface area contributed by atoms with Crippen LogP contribution >= 0.6 is 0 Å². The molecule has 156 valence electrons. The van der Waals surface area contributed by atoms with E-state index in [4.69, 9.17) is 4.74 Å². The van der Waals surface area contributed by atoms with Crippen molar-refractivity contribution in [3.63, 3.8) is 0 Å². The average Bonchev–Trinajstić information content (AvgIpc) is 2.66. The fraction of sp³-hybridized carbons (Fsp3) is 0.650. The lowest BCUT2D eigenvalue weighted by Crippen LogP contribution is -2.57. The van der Waals surface area contributed by atoms with Crippen LogP contribution in [0.1, 0.15) is 25.0 Å². The van der Waals surface area contributed by atoms with Crippen molar-refractivity contribution in [1.29, 1.82) is 0 Å². The zero-order valence-electron chi connectivity index (χ0n) is 17.1. The van der Waals surface area contributed by atoms with Gasteiger partial charge in [-0.15, -0.1) is 0 Å². The molecule has 1 aromatic carbocycles. The lowest BCUT2D eigenvalue weighted by Gasteiger charge is -2.39. The Morgan fingerprint density at radius 1 is 1.21 bits per heavy atom. The number of rotatable bonds is 4. The second-order valence-corrected chi connectivity index (χ2v) is 10.9. The van der Waals surface area contributed by atoms with E-state index < -0.39 is 14.6 Å². The van der Waals surface area contributed by atoms with Crippen LogP contribution < -0.4 is 5.32 Å². The van der Waals surface area contributed by atoms with E-state index in [9.17, 15) is 8.42 Å². The highest BCUT2D eigenvalue weighted by Crippen LogP contribution is 2.23. The molecule has 2 heterocycles. The van der Waals surface area contributed by atoms with Crippen molar-refractivity contribution in [2.45, 2.75) is 31.7 Å². The smallest absolute Gasteiger partial charge is 0.193 e. The van der Waals surface area contributed by atoms with Gasteiger partial charge in [0.1, 0.15) is 0 Å². The molecule has 0 radical (unpaired) electrons. The van der Waals surface area contributed by atoms with E-state index in [1.165, 1.54) is 11.1 Å². The summed E-state index contributed by atoms with van der Waals surface area (Å²) in [4.78, 5) is 8.82. The van der Waals surface area contributed by atoms with Crippen molar-refractivity contribution in [3.05, 3.63) is 35.4 Å². The third-order valence-corrected chi connectivity index (χ3v) is 8.04. The van der Waals surface area contributed by atoms with E-state index in [0.717, 1.165) is 38.8 Å². The molecule has 2 aliphatic heterocycles. The molecule has 0 aliphatic carbocycles. The normalized spacial score (nSPS) is 22.8. The molecule has 8 heteroatoms. The number of guanidine groups is 1. The Labute approximate surface area is 168 Å². The number of sulfone groups is 1. The minimum atomic E-state index is -3.06. The lowest BCUT2D eigenvalue weighted by molar-refractivity contribution is 0.0342. The molecule has 7 nitrogen and oxygen atoms in total. The molecular formula is C20H32N4O3S. The Morgan fingerprint density at radius 2 is 1.93 bits per heavy atom. The fourth-order valence-electron chi connectivity index (χ4n) is 3.69. The molecule has 3 rings (SSSR count). The van der Waals surface area contributed by atoms with Crippen LogP contribution in [0, 0.1) is 0 Å². The van der Waals surface area contributed by atoms with Gasteiger partial charge in [-0.3, -0.25) is 9.89 Å². The standard InChI is InChI=1S/C20H32N4O3S/c1-20(2)16-24(9-12-28(20,25)26)19(21-3)22-14-17-5-4-6-18(13-17)15-23-7-10-27-11-8-23/h4-6,13H,7-12,14-16H2,1-3H3,(H,21,22). The largest absolute Gasteiger partial charge is 0.379 e. The maximum absolute atomic E-state index is 12.2. The second-order valence-electron chi connectivity index (χ2n) is 8.11.